The second kappa shape index (κ2) is 8.03. The summed E-state index contributed by atoms with van der Waals surface area (Å²) >= 11 is 0. The Hall–Kier alpha value is -3.99. The first kappa shape index (κ1) is 19.0. The van der Waals surface area contributed by atoms with Gasteiger partial charge in [0.05, 0.1) is 17.3 Å². The predicted octanol–water partition coefficient (Wildman–Crippen LogP) is 5.51. The molecule has 1 aliphatic heterocycles. The standard InChI is InChI=1S/C26H22N4O/c1-18-16-25(28-26(27-18)21-14-8-9-15-24(21)31)30-23(20-12-6-3-7-13-20)17-22(29-30)19-10-4-2-5-11-19/h2-16,23,31H,17H2,1H3/t23-/m1/s1. The lowest BCUT2D eigenvalue weighted by atomic mass is 9.98. The number of hydrazone groups is 1. The van der Waals surface area contributed by atoms with Crippen molar-refractivity contribution in [3.05, 3.63) is 108 Å². The van der Waals surface area contributed by atoms with Crippen LogP contribution in [0.25, 0.3) is 11.4 Å². The number of hydrogen-bond acceptors (Lipinski definition) is 5. The van der Waals surface area contributed by atoms with Crippen LogP contribution >= 0.6 is 0 Å². The van der Waals surface area contributed by atoms with Crippen LogP contribution in [0.2, 0.25) is 0 Å². The van der Waals surface area contributed by atoms with Gasteiger partial charge in [-0.3, -0.25) is 0 Å². The van der Waals surface area contributed by atoms with Gasteiger partial charge in [0.15, 0.2) is 11.6 Å². The minimum absolute atomic E-state index is 0.0305. The van der Waals surface area contributed by atoms with Crippen LogP contribution < -0.4 is 5.01 Å². The van der Waals surface area contributed by atoms with Gasteiger partial charge in [0.25, 0.3) is 0 Å². The van der Waals surface area contributed by atoms with E-state index in [4.69, 9.17) is 10.1 Å². The van der Waals surface area contributed by atoms with Crippen molar-refractivity contribution in [2.45, 2.75) is 19.4 Å². The molecule has 0 saturated carbocycles. The molecule has 0 amide bonds. The molecular formula is C26H22N4O. The SMILES string of the molecule is Cc1cc(N2N=C(c3ccccc3)C[C@@H]2c2ccccc2)nc(-c2ccccc2O)n1. The van der Waals surface area contributed by atoms with Crippen LogP contribution in [0.15, 0.2) is 96.1 Å². The molecule has 0 fully saturated rings. The Morgan fingerprint density at radius 3 is 2.26 bits per heavy atom. The average molecular weight is 406 g/mol. The highest BCUT2D eigenvalue weighted by Gasteiger charge is 2.31. The molecule has 152 valence electrons. The van der Waals surface area contributed by atoms with Crippen molar-refractivity contribution in [3.8, 4) is 17.1 Å². The van der Waals surface area contributed by atoms with Crippen LogP contribution in [0.3, 0.4) is 0 Å². The number of hydrogen-bond donors (Lipinski definition) is 1. The molecule has 2 heterocycles. The van der Waals surface area contributed by atoms with E-state index in [2.05, 4.69) is 29.2 Å². The van der Waals surface area contributed by atoms with E-state index in [9.17, 15) is 5.11 Å². The van der Waals surface area contributed by atoms with Crippen molar-refractivity contribution in [3.63, 3.8) is 0 Å². The van der Waals surface area contributed by atoms with E-state index in [1.54, 1.807) is 12.1 Å². The molecule has 5 heteroatoms. The topological polar surface area (TPSA) is 61.6 Å². The largest absolute Gasteiger partial charge is 0.507 e. The van der Waals surface area contributed by atoms with Crippen LogP contribution in [-0.2, 0) is 0 Å². The van der Waals surface area contributed by atoms with Crippen LogP contribution in [0, 0.1) is 6.92 Å². The molecule has 5 nitrogen and oxygen atoms in total. The predicted molar refractivity (Wildman–Crippen MR) is 123 cm³/mol. The molecule has 0 unspecified atom stereocenters. The summed E-state index contributed by atoms with van der Waals surface area (Å²) in [5, 5.41) is 17.3. The molecule has 1 atom stereocenters. The first-order chi connectivity index (χ1) is 15.2. The van der Waals surface area contributed by atoms with E-state index in [0.29, 0.717) is 17.2 Å². The molecule has 5 rings (SSSR count). The number of para-hydroxylation sites is 1. The van der Waals surface area contributed by atoms with E-state index >= 15 is 0 Å². The Morgan fingerprint density at radius 2 is 1.52 bits per heavy atom. The van der Waals surface area contributed by atoms with Crippen molar-refractivity contribution in [2.24, 2.45) is 5.10 Å². The third-order valence-electron chi connectivity index (χ3n) is 5.42. The average Bonchev–Trinajstić information content (AvgIpc) is 3.26. The Kier molecular flexibility index (Phi) is 4.92. The monoisotopic (exact) mass is 406 g/mol. The fourth-order valence-corrected chi connectivity index (χ4v) is 3.91. The van der Waals surface area contributed by atoms with Crippen molar-refractivity contribution >= 4 is 11.5 Å². The zero-order chi connectivity index (χ0) is 21.2. The van der Waals surface area contributed by atoms with Crippen LogP contribution in [0.5, 0.6) is 5.75 Å². The van der Waals surface area contributed by atoms with Gasteiger partial charge in [0, 0.05) is 18.2 Å². The van der Waals surface area contributed by atoms with Gasteiger partial charge in [-0.1, -0.05) is 72.8 Å². The summed E-state index contributed by atoms with van der Waals surface area (Å²) in [4.78, 5) is 9.36. The Balaban J connectivity index is 1.62. The summed E-state index contributed by atoms with van der Waals surface area (Å²) < 4.78 is 0. The normalized spacial score (nSPS) is 15.7. The molecule has 1 aliphatic rings. The molecule has 4 aromatic rings. The molecular weight excluding hydrogens is 384 g/mol. The van der Waals surface area contributed by atoms with Gasteiger partial charge in [0.1, 0.15) is 5.75 Å². The summed E-state index contributed by atoms with van der Waals surface area (Å²) in [6.07, 6.45) is 0.781. The molecule has 0 radical (unpaired) electrons. The van der Waals surface area contributed by atoms with Crippen molar-refractivity contribution in [2.75, 3.05) is 5.01 Å². The van der Waals surface area contributed by atoms with Gasteiger partial charge in [-0.25, -0.2) is 15.0 Å². The minimum atomic E-state index is 0.0305. The second-order valence-corrected chi connectivity index (χ2v) is 7.60. The van der Waals surface area contributed by atoms with Crippen LogP contribution in [0.4, 0.5) is 5.82 Å². The zero-order valence-corrected chi connectivity index (χ0v) is 17.2. The second-order valence-electron chi connectivity index (χ2n) is 7.60. The van der Waals surface area contributed by atoms with Gasteiger partial charge in [-0.2, -0.15) is 5.10 Å². The van der Waals surface area contributed by atoms with E-state index in [-0.39, 0.29) is 11.8 Å². The highest BCUT2D eigenvalue weighted by Crippen LogP contribution is 2.37. The molecule has 0 aliphatic carbocycles. The lowest BCUT2D eigenvalue weighted by molar-refractivity contribution is 0.477. The number of rotatable bonds is 4. The number of aryl methyl sites for hydroxylation is 1. The Bertz CT molecular complexity index is 1240. The van der Waals surface area contributed by atoms with E-state index in [1.165, 1.54) is 5.56 Å². The molecule has 1 N–H and O–H groups in total. The first-order valence-corrected chi connectivity index (χ1v) is 10.3. The summed E-state index contributed by atoms with van der Waals surface area (Å²) in [5.41, 5.74) is 4.73. The number of benzene rings is 3. The van der Waals surface area contributed by atoms with Gasteiger partial charge >= 0.3 is 0 Å². The number of nitrogens with zero attached hydrogens (tertiary/aromatic N) is 4. The number of phenolic OH excluding ortho intramolecular Hbond substituents is 1. The molecule has 0 bridgehead atoms. The van der Waals surface area contributed by atoms with Crippen molar-refractivity contribution < 1.29 is 5.11 Å². The van der Waals surface area contributed by atoms with Crippen LogP contribution in [-0.4, -0.2) is 20.8 Å². The molecule has 0 spiro atoms. The lowest BCUT2D eigenvalue weighted by Crippen LogP contribution is -2.20. The fourth-order valence-electron chi connectivity index (χ4n) is 3.91. The summed E-state index contributed by atoms with van der Waals surface area (Å²) in [7, 11) is 0. The van der Waals surface area contributed by atoms with Crippen molar-refractivity contribution in [1.29, 1.82) is 0 Å². The minimum Gasteiger partial charge on any atom is -0.507 e. The van der Waals surface area contributed by atoms with Gasteiger partial charge in [-0.15, -0.1) is 0 Å². The summed E-state index contributed by atoms with van der Waals surface area (Å²) in [6.45, 7) is 1.93. The number of aromatic hydroxyl groups is 1. The van der Waals surface area contributed by atoms with Crippen molar-refractivity contribution in [1.82, 2.24) is 9.97 Å². The third kappa shape index (κ3) is 3.78. The highest BCUT2D eigenvalue weighted by atomic mass is 16.3. The quantitative estimate of drug-likeness (QED) is 0.485. The number of phenols is 1. The van der Waals surface area contributed by atoms with Gasteiger partial charge in [0.2, 0.25) is 0 Å². The Labute approximate surface area is 181 Å². The lowest BCUT2D eigenvalue weighted by Gasteiger charge is -2.23. The smallest absolute Gasteiger partial charge is 0.165 e. The maximum Gasteiger partial charge on any atom is 0.165 e. The van der Waals surface area contributed by atoms with E-state index in [0.717, 1.165) is 23.4 Å². The van der Waals surface area contributed by atoms with E-state index in [1.807, 2.05) is 66.5 Å². The zero-order valence-electron chi connectivity index (χ0n) is 17.2. The van der Waals surface area contributed by atoms with Gasteiger partial charge < -0.3 is 5.11 Å². The number of aromatic nitrogens is 2. The maximum atomic E-state index is 10.3. The maximum absolute atomic E-state index is 10.3. The Morgan fingerprint density at radius 1 is 0.839 bits per heavy atom. The summed E-state index contributed by atoms with van der Waals surface area (Å²) in [5.74, 6) is 1.36. The van der Waals surface area contributed by atoms with Gasteiger partial charge in [-0.05, 0) is 30.2 Å². The molecule has 1 aromatic heterocycles. The summed E-state index contributed by atoms with van der Waals surface area (Å²) in [6, 6.07) is 29.7. The highest BCUT2D eigenvalue weighted by molar-refractivity contribution is 6.03. The molecule has 0 saturated heterocycles. The van der Waals surface area contributed by atoms with E-state index < -0.39 is 0 Å². The molecule has 3 aromatic carbocycles. The molecule has 31 heavy (non-hydrogen) atoms. The fraction of sp³-hybridized carbons (Fsp3) is 0.115. The number of anilines is 1. The first-order valence-electron chi connectivity index (χ1n) is 10.3. The van der Waals surface area contributed by atoms with Crippen LogP contribution in [0.1, 0.15) is 29.3 Å². The third-order valence-corrected chi connectivity index (χ3v) is 5.42.